The van der Waals surface area contributed by atoms with Gasteiger partial charge in [-0.3, -0.25) is 4.79 Å². The Morgan fingerprint density at radius 1 is 1.06 bits per heavy atom. The highest BCUT2D eigenvalue weighted by atomic mass is 19.4. The maximum absolute atomic E-state index is 13.9. The van der Waals surface area contributed by atoms with Crippen LogP contribution in [0.4, 0.5) is 18.9 Å². The molecule has 7 heteroatoms. The average Bonchev–Trinajstić information content (AvgIpc) is 3.24. The van der Waals surface area contributed by atoms with Crippen LogP contribution in [-0.4, -0.2) is 22.4 Å². The summed E-state index contributed by atoms with van der Waals surface area (Å²) in [7, 11) is 0. The fourth-order valence-electron chi connectivity index (χ4n) is 4.25. The Morgan fingerprint density at radius 3 is 2.38 bits per heavy atom. The maximum atomic E-state index is 13.9. The van der Waals surface area contributed by atoms with Crippen molar-refractivity contribution in [1.29, 1.82) is 0 Å². The summed E-state index contributed by atoms with van der Waals surface area (Å²) in [6.07, 6.45) is -2.54. The molecule has 1 amide bonds. The minimum absolute atomic E-state index is 0.154. The number of carbonyl (C=O) groups excluding carboxylic acids is 1. The molecule has 3 aromatic rings. The molecule has 1 aliphatic heterocycles. The number of aryl methyl sites for hydroxylation is 1. The normalized spacial score (nSPS) is 16.8. The van der Waals surface area contributed by atoms with Crippen LogP contribution < -0.4 is 5.01 Å². The molecule has 0 saturated heterocycles. The zero-order chi connectivity index (χ0) is 23.2. The number of hydrazone groups is 1. The lowest BCUT2D eigenvalue weighted by Gasteiger charge is -2.17. The van der Waals surface area contributed by atoms with Crippen LogP contribution in [0.25, 0.3) is 17.0 Å². The van der Waals surface area contributed by atoms with Crippen LogP contribution in [0.5, 0.6) is 0 Å². The molecule has 0 saturated carbocycles. The minimum Gasteiger partial charge on any atom is -0.341 e. The van der Waals surface area contributed by atoms with E-state index >= 15 is 0 Å². The van der Waals surface area contributed by atoms with Gasteiger partial charge in [0.05, 0.1) is 16.8 Å². The van der Waals surface area contributed by atoms with Crippen molar-refractivity contribution in [1.82, 2.24) is 4.57 Å². The highest BCUT2D eigenvalue weighted by molar-refractivity contribution is 6.34. The van der Waals surface area contributed by atoms with Gasteiger partial charge in [0.2, 0.25) is 0 Å². The number of anilines is 1. The molecular weight excluding hydrogens is 415 g/mol. The van der Waals surface area contributed by atoms with E-state index in [2.05, 4.69) is 23.5 Å². The van der Waals surface area contributed by atoms with Crippen LogP contribution >= 0.6 is 0 Å². The van der Waals surface area contributed by atoms with Gasteiger partial charge in [-0.15, -0.1) is 0 Å². The van der Waals surface area contributed by atoms with E-state index in [1.165, 1.54) is 6.08 Å². The van der Waals surface area contributed by atoms with Crippen molar-refractivity contribution in [3.63, 3.8) is 0 Å². The third kappa shape index (κ3) is 3.51. The Morgan fingerprint density at radius 2 is 1.75 bits per heavy atom. The number of para-hydroxylation sites is 2. The second kappa shape index (κ2) is 7.97. The van der Waals surface area contributed by atoms with Crippen molar-refractivity contribution in [2.24, 2.45) is 5.10 Å². The minimum atomic E-state index is -4.76. The van der Waals surface area contributed by atoms with E-state index < -0.39 is 23.4 Å². The molecule has 4 rings (SSSR count). The molecule has 32 heavy (non-hydrogen) atoms. The quantitative estimate of drug-likeness (QED) is 0.423. The SMILES string of the molecule is CC[C@@H](C)n1c(C)c(/C=C2/C(=O)N(c3ccccc3)N=C2C(F)(F)F)c2cccc(C)c21. The number of alkyl halides is 3. The van der Waals surface area contributed by atoms with Gasteiger partial charge in [0.25, 0.3) is 5.91 Å². The zero-order valence-corrected chi connectivity index (χ0v) is 18.4. The second-order valence-electron chi connectivity index (χ2n) is 8.05. The van der Waals surface area contributed by atoms with Crippen LogP contribution in [0.3, 0.4) is 0 Å². The summed E-state index contributed by atoms with van der Waals surface area (Å²) in [5, 5.41) is 5.32. The predicted octanol–water partition coefficient (Wildman–Crippen LogP) is 6.58. The highest BCUT2D eigenvalue weighted by Gasteiger charge is 2.47. The first-order chi connectivity index (χ1) is 15.1. The van der Waals surface area contributed by atoms with Crippen LogP contribution in [0.1, 0.15) is 43.1 Å². The highest BCUT2D eigenvalue weighted by Crippen LogP contribution is 2.37. The van der Waals surface area contributed by atoms with Crippen molar-refractivity contribution < 1.29 is 18.0 Å². The van der Waals surface area contributed by atoms with E-state index in [0.29, 0.717) is 5.56 Å². The van der Waals surface area contributed by atoms with Crippen LogP contribution in [0.2, 0.25) is 0 Å². The summed E-state index contributed by atoms with van der Waals surface area (Å²) >= 11 is 0. The fourth-order valence-corrected chi connectivity index (χ4v) is 4.25. The number of hydrogen-bond acceptors (Lipinski definition) is 2. The molecule has 0 spiro atoms. The van der Waals surface area contributed by atoms with Crippen molar-refractivity contribution in [3.05, 3.63) is 70.9 Å². The lowest BCUT2D eigenvalue weighted by molar-refractivity contribution is -0.114. The van der Waals surface area contributed by atoms with Gasteiger partial charge in [0.1, 0.15) is 0 Å². The Bertz CT molecular complexity index is 1250. The van der Waals surface area contributed by atoms with Gasteiger partial charge in [-0.1, -0.05) is 43.3 Å². The summed E-state index contributed by atoms with van der Waals surface area (Å²) in [5.41, 5.74) is 2.10. The first-order valence-corrected chi connectivity index (χ1v) is 10.5. The molecule has 0 radical (unpaired) electrons. The van der Waals surface area contributed by atoms with Gasteiger partial charge < -0.3 is 4.57 Å². The molecule has 1 aromatic heterocycles. The lowest BCUT2D eigenvalue weighted by Crippen LogP contribution is -2.25. The molecule has 0 unspecified atom stereocenters. The van der Waals surface area contributed by atoms with E-state index in [9.17, 15) is 18.0 Å². The Balaban J connectivity index is 1.95. The molecule has 1 atom stereocenters. The smallest absolute Gasteiger partial charge is 0.341 e. The van der Waals surface area contributed by atoms with E-state index in [0.717, 1.165) is 33.6 Å². The van der Waals surface area contributed by atoms with Crippen molar-refractivity contribution >= 4 is 34.3 Å². The number of benzene rings is 2. The molecule has 166 valence electrons. The number of halogens is 3. The Labute approximate surface area is 184 Å². The molecule has 2 heterocycles. The third-order valence-corrected chi connectivity index (χ3v) is 5.99. The molecule has 1 aliphatic rings. The third-order valence-electron chi connectivity index (χ3n) is 5.99. The molecule has 0 bridgehead atoms. The number of carbonyl (C=O) groups is 1. The van der Waals surface area contributed by atoms with Gasteiger partial charge >= 0.3 is 6.18 Å². The maximum Gasteiger partial charge on any atom is 0.435 e. The zero-order valence-electron chi connectivity index (χ0n) is 18.4. The van der Waals surface area contributed by atoms with Crippen molar-refractivity contribution in [2.75, 3.05) is 5.01 Å². The number of fused-ring (bicyclic) bond motifs is 1. The van der Waals surface area contributed by atoms with E-state index in [1.807, 2.05) is 32.0 Å². The Hall–Kier alpha value is -3.35. The second-order valence-corrected chi connectivity index (χ2v) is 8.05. The number of amides is 1. The average molecular weight is 439 g/mol. The number of rotatable bonds is 4. The molecule has 0 fully saturated rings. The van der Waals surface area contributed by atoms with E-state index in [1.54, 1.807) is 30.3 Å². The summed E-state index contributed by atoms with van der Waals surface area (Å²) in [6, 6.07) is 14.1. The topological polar surface area (TPSA) is 37.6 Å². The number of nitrogens with zero attached hydrogens (tertiary/aromatic N) is 3. The lowest BCUT2D eigenvalue weighted by atomic mass is 10.0. The van der Waals surface area contributed by atoms with Crippen LogP contribution in [0, 0.1) is 13.8 Å². The monoisotopic (exact) mass is 439 g/mol. The molecule has 0 aliphatic carbocycles. The van der Waals surface area contributed by atoms with Crippen LogP contribution in [-0.2, 0) is 4.79 Å². The van der Waals surface area contributed by atoms with E-state index in [4.69, 9.17) is 0 Å². The summed E-state index contributed by atoms with van der Waals surface area (Å²) < 4.78 is 43.8. The standard InChI is InChI=1S/C25H24F3N3O/c1-5-16(3)30-17(4)20(19-13-9-10-15(2)22(19)30)14-21-23(25(26,27)28)29-31(24(21)32)18-11-7-6-8-12-18/h6-14,16H,5H2,1-4H3/b21-14+/t16-/m1/s1. The molecule has 2 aromatic carbocycles. The first-order valence-electron chi connectivity index (χ1n) is 10.5. The molecule has 4 nitrogen and oxygen atoms in total. The Kier molecular flexibility index (Phi) is 5.44. The van der Waals surface area contributed by atoms with Gasteiger partial charge in [0, 0.05) is 22.7 Å². The first kappa shape index (κ1) is 21.9. The predicted molar refractivity (Wildman–Crippen MR) is 122 cm³/mol. The summed E-state index contributed by atoms with van der Waals surface area (Å²) in [5.74, 6) is -0.792. The van der Waals surface area contributed by atoms with Crippen LogP contribution in [0.15, 0.2) is 59.2 Å². The van der Waals surface area contributed by atoms with Gasteiger partial charge in [-0.25, -0.2) is 0 Å². The van der Waals surface area contributed by atoms with Gasteiger partial charge in [-0.2, -0.15) is 23.3 Å². The van der Waals surface area contributed by atoms with Gasteiger partial charge in [0.15, 0.2) is 5.71 Å². The number of aromatic nitrogens is 1. The summed E-state index contributed by atoms with van der Waals surface area (Å²) in [6.45, 7) is 8.02. The number of hydrogen-bond donors (Lipinski definition) is 0. The molecular formula is C25H24F3N3O. The molecule has 0 N–H and O–H groups in total. The summed E-state index contributed by atoms with van der Waals surface area (Å²) in [4.78, 5) is 13.1. The largest absolute Gasteiger partial charge is 0.435 e. The fraction of sp³-hybridized carbons (Fsp3) is 0.280. The van der Waals surface area contributed by atoms with Crippen molar-refractivity contribution in [2.45, 2.75) is 46.3 Å². The van der Waals surface area contributed by atoms with E-state index in [-0.39, 0.29) is 11.7 Å². The van der Waals surface area contributed by atoms with Crippen molar-refractivity contribution in [3.8, 4) is 0 Å². The van der Waals surface area contributed by atoms with Gasteiger partial charge in [-0.05, 0) is 51.0 Å².